The average molecular weight is 282 g/mol. The van der Waals surface area contributed by atoms with E-state index in [4.69, 9.17) is 16.0 Å². The zero-order valence-corrected chi connectivity index (χ0v) is 11.3. The lowest BCUT2D eigenvalue weighted by Gasteiger charge is -2.09. The van der Waals surface area contributed by atoms with E-state index in [1.807, 2.05) is 19.1 Å². The number of carbonyl (C=O) groups is 1. The van der Waals surface area contributed by atoms with Crippen LogP contribution < -0.4 is 5.32 Å². The summed E-state index contributed by atoms with van der Waals surface area (Å²) < 4.78 is 5.81. The third-order valence-electron chi connectivity index (χ3n) is 2.32. The molecule has 0 radical (unpaired) electrons. The van der Waals surface area contributed by atoms with Crippen molar-refractivity contribution in [1.29, 1.82) is 0 Å². The number of nitrogens with one attached hydrogen (secondary N) is 1. The average Bonchev–Trinajstić information content (AvgIpc) is 2.97. The SMILES string of the molecule is CC(NC(=O)C=Cc1ccco1)c1ccc(Cl)s1. The fourth-order valence-electron chi connectivity index (χ4n) is 1.44. The second-order valence-electron chi connectivity index (χ2n) is 3.72. The van der Waals surface area contributed by atoms with Gasteiger partial charge in [-0.05, 0) is 37.3 Å². The Morgan fingerprint density at radius 3 is 2.94 bits per heavy atom. The highest BCUT2D eigenvalue weighted by Crippen LogP contribution is 2.26. The molecule has 2 aromatic rings. The number of amides is 1. The lowest BCUT2D eigenvalue weighted by atomic mass is 10.2. The summed E-state index contributed by atoms with van der Waals surface area (Å²) in [5.41, 5.74) is 0. The zero-order chi connectivity index (χ0) is 13.0. The molecular formula is C13H12ClNO2S. The molecule has 0 spiro atoms. The summed E-state index contributed by atoms with van der Waals surface area (Å²) in [6, 6.07) is 7.23. The summed E-state index contributed by atoms with van der Waals surface area (Å²) >= 11 is 7.31. The molecule has 1 amide bonds. The molecule has 0 aliphatic heterocycles. The Hall–Kier alpha value is -1.52. The Morgan fingerprint density at radius 1 is 1.50 bits per heavy atom. The van der Waals surface area contributed by atoms with E-state index in [2.05, 4.69) is 5.32 Å². The molecule has 5 heteroatoms. The fourth-order valence-corrected chi connectivity index (χ4v) is 2.50. The first-order valence-corrected chi connectivity index (χ1v) is 6.62. The van der Waals surface area contributed by atoms with Crippen LogP contribution in [0.15, 0.2) is 41.0 Å². The Labute approximate surface area is 114 Å². The second kappa shape index (κ2) is 5.89. The molecule has 2 rings (SSSR count). The van der Waals surface area contributed by atoms with Gasteiger partial charge < -0.3 is 9.73 Å². The summed E-state index contributed by atoms with van der Waals surface area (Å²) in [6.45, 7) is 1.92. The van der Waals surface area contributed by atoms with Gasteiger partial charge in [0.25, 0.3) is 0 Å². The van der Waals surface area contributed by atoms with E-state index in [-0.39, 0.29) is 11.9 Å². The molecule has 3 nitrogen and oxygen atoms in total. The Kier molecular flexibility index (Phi) is 4.23. The molecule has 0 aliphatic rings. The van der Waals surface area contributed by atoms with Crippen LogP contribution in [0.3, 0.4) is 0 Å². The molecule has 0 aromatic carbocycles. The number of thiophene rings is 1. The van der Waals surface area contributed by atoms with Gasteiger partial charge in [0.15, 0.2) is 0 Å². The standard InChI is InChI=1S/C13H12ClNO2S/c1-9(11-5-6-12(14)18-11)15-13(16)7-4-10-3-2-8-17-10/h2-9H,1H3,(H,15,16). The van der Waals surface area contributed by atoms with Gasteiger partial charge in [0.05, 0.1) is 16.6 Å². The molecule has 0 saturated carbocycles. The first-order chi connectivity index (χ1) is 8.65. The molecule has 2 aromatic heterocycles. The third-order valence-corrected chi connectivity index (χ3v) is 3.74. The highest BCUT2D eigenvalue weighted by molar-refractivity contribution is 7.16. The lowest BCUT2D eigenvalue weighted by Crippen LogP contribution is -2.23. The molecule has 0 saturated heterocycles. The highest BCUT2D eigenvalue weighted by Gasteiger charge is 2.09. The van der Waals surface area contributed by atoms with Gasteiger partial charge in [-0.15, -0.1) is 11.3 Å². The van der Waals surface area contributed by atoms with Crippen molar-refractivity contribution < 1.29 is 9.21 Å². The van der Waals surface area contributed by atoms with E-state index in [0.29, 0.717) is 5.76 Å². The topological polar surface area (TPSA) is 42.2 Å². The van der Waals surface area contributed by atoms with Crippen molar-refractivity contribution in [2.45, 2.75) is 13.0 Å². The van der Waals surface area contributed by atoms with E-state index in [1.54, 1.807) is 24.5 Å². The molecule has 1 atom stereocenters. The molecule has 2 heterocycles. The number of hydrogen-bond donors (Lipinski definition) is 1. The summed E-state index contributed by atoms with van der Waals surface area (Å²) in [7, 11) is 0. The van der Waals surface area contributed by atoms with Gasteiger partial charge in [0.2, 0.25) is 5.91 Å². The van der Waals surface area contributed by atoms with Crippen LogP contribution in [0.1, 0.15) is 23.6 Å². The van der Waals surface area contributed by atoms with Crippen LogP contribution in [0, 0.1) is 0 Å². The summed E-state index contributed by atoms with van der Waals surface area (Å²) in [5, 5.41) is 2.86. The van der Waals surface area contributed by atoms with E-state index < -0.39 is 0 Å². The van der Waals surface area contributed by atoms with Crippen molar-refractivity contribution in [2.24, 2.45) is 0 Å². The summed E-state index contributed by atoms with van der Waals surface area (Å²) in [4.78, 5) is 12.7. The van der Waals surface area contributed by atoms with Crippen molar-refractivity contribution in [3.8, 4) is 0 Å². The van der Waals surface area contributed by atoms with Crippen molar-refractivity contribution in [3.63, 3.8) is 0 Å². The van der Waals surface area contributed by atoms with Gasteiger partial charge in [-0.3, -0.25) is 4.79 Å². The van der Waals surface area contributed by atoms with Crippen molar-refractivity contribution in [2.75, 3.05) is 0 Å². The maximum absolute atomic E-state index is 11.7. The van der Waals surface area contributed by atoms with Gasteiger partial charge in [0, 0.05) is 11.0 Å². The molecule has 94 valence electrons. The lowest BCUT2D eigenvalue weighted by molar-refractivity contribution is -0.117. The predicted octanol–water partition coefficient (Wildman–Crippen LogP) is 3.89. The van der Waals surface area contributed by atoms with Gasteiger partial charge in [0.1, 0.15) is 5.76 Å². The quantitative estimate of drug-likeness (QED) is 0.864. The van der Waals surface area contributed by atoms with Crippen LogP contribution in [-0.2, 0) is 4.79 Å². The molecule has 0 bridgehead atoms. The van der Waals surface area contributed by atoms with Crippen molar-refractivity contribution >= 4 is 34.9 Å². The van der Waals surface area contributed by atoms with E-state index in [9.17, 15) is 4.79 Å². The van der Waals surface area contributed by atoms with Crippen LogP contribution in [0.4, 0.5) is 0 Å². The normalized spacial score (nSPS) is 12.8. The number of halogens is 1. The number of carbonyl (C=O) groups excluding carboxylic acids is 1. The second-order valence-corrected chi connectivity index (χ2v) is 5.47. The smallest absolute Gasteiger partial charge is 0.244 e. The van der Waals surface area contributed by atoms with Crippen LogP contribution >= 0.6 is 22.9 Å². The maximum Gasteiger partial charge on any atom is 0.244 e. The Morgan fingerprint density at radius 2 is 2.33 bits per heavy atom. The van der Waals surface area contributed by atoms with Crippen LogP contribution in [-0.4, -0.2) is 5.91 Å². The van der Waals surface area contributed by atoms with E-state index in [0.717, 1.165) is 9.21 Å². The van der Waals surface area contributed by atoms with Gasteiger partial charge in [-0.25, -0.2) is 0 Å². The number of hydrogen-bond acceptors (Lipinski definition) is 3. The number of furan rings is 1. The molecule has 18 heavy (non-hydrogen) atoms. The van der Waals surface area contributed by atoms with E-state index >= 15 is 0 Å². The van der Waals surface area contributed by atoms with Crippen LogP contribution in [0.25, 0.3) is 6.08 Å². The van der Waals surface area contributed by atoms with Crippen LogP contribution in [0.2, 0.25) is 4.34 Å². The monoisotopic (exact) mass is 281 g/mol. The number of rotatable bonds is 4. The first-order valence-electron chi connectivity index (χ1n) is 5.42. The molecule has 0 aliphatic carbocycles. The van der Waals surface area contributed by atoms with Gasteiger partial charge >= 0.3 is 0 Å². The maximum atomic E-state index is 11.7. The molecule has 1 N–H and O–H groups in total. The fraction of sp³-hybridized carbons (Fsp3) is 0.154. The van der Waals surface area contributed by atoms with Crippen molar-refractivity contribution in [3.05, 3.63) is 51.6 Å². The largest absolute Gasteiger partial charge is 0.465 e. The Balaban J connectivity index is 1.91. The molecule has 1 unspecified atom stereocenters. The zero-order valence-electron chi connectivity index (χ0n) is 9.72. The first kappa shape index (κ1) is 12.9. The van der Waals surface area contributed by atoms with Gasteiger partial charge in [-0.2, -0.15) is 0 Å². The Bertz CT molecular complexity index is 545. The van der Waals surface area contributed by atoms with Crippen LogP contribution in [0.5, 0.6) is 0 Å². The van der Waals surface area contributed by atoms with Gasteiger partial charge in [-0.1, -0.05) is 11.6 Å². The molecular weight excluding hydrogens is 270 g/mol. The molecule has 0 fully saturated rings. The summed E-state index contributed by atoms with van der Waals surface area (Å²) in [5.74, 6) is 0.486. The van der Waals surface area contributed by atoms with Crippen molar-refractivity contribution in [1.82, 2.24) is 5.32 Å². The third kappa shape index (κ3) is 3.48. The minimum absolute atomic E-state index is 0.0590. The minimum atomic E-state index is -0.163. The highest BCUT2D eigenvalue weighted by atomic mass is 35.5. The predicted molar refractivity (Wildman–Crippen MR) is 73.6 cm³/mol. The minimum Gasteiger partial charge on any atom is -0.465 e. The van der Waals surface area contributed by atoms with E-state index in [1.165, 1.54) is 17.4 Å². The summed E-state index contributed by atoms with van der Waals surface area (Å²) in [6.07, 6.45) is 4.64.